The normalized spacial score (nSPS) is 14.8. The third-order valence-corrected chi connectivity index (χ3v) is 7.28. The van der Waals surface area contributed by atoms with Crippen LogP contribution in [0.5, 0.6) is 0 Å². The van der Waals surface area contributed by atoms with Crippen LogP contribution in [0.1, 0.15) is 43.5 Å². The zero-order chi connectivity index (χ0) is 21.7. The number of sulfonamides is 1. The van der Waals surface area contributed by atoms with E-state index in [1.807, 2.05) is 0 Å². The number of nitrogens with zero attached hydrogens (tertiary/aromatic N) is 2. The maximum atomic E-state index is 12.5. The van der Waals surface area contributed by atoms with Gasteiger partial charge >= 0.3 is 0 Å². The average Bonchev–Trinajstić information content (AvgIpc) is 2.75. The lowest BCUT2D eigenvalue weighted by atomic mass is 10.1. The van der Waals surface area contributed by atoms with Crippen LogP contribution in [0.3, 0.4) is 0 Å². The first-order valence-electron chi connectivity index (χ1n) is 10.2. The Labute approximate surface area is 177 Å². The van der Waals surface area contributed by atoms with Crippen LogP contribution in [0.4, 0.5) is 11.4 Å². The first-order chi connectivity index (χ1) is 14.4. The van der Waals surface area contributed by atoms with Crippen molar-refractivity contribution < 1.29 is 18.0 Å². The van der Waals surface area contributed by atoms with Crippen molar-refractivity contribution in [3.05, 3.63) is 54.1 Å². The Kier molecular flexibility index (Phi) is 6.89. The number of hydrogen-bond acceptors (Lipinski definition) is 4. The van der Waals surface area contributed by atoms with Crippen molar-refractivity contribution in [1.82, 2.24) is 4.31 Å². The second kappa shape index (κ2) is 9.40. The molecule has 0 bridgehead atoms. The van der Waals surface area contributed by atoms with E-state index in [0.29, 0.717) is 37.3 Å². The van der Waals surface area contributed by atoms with Gasteiger partial charge in [0.05, 0.1) is 4.90 Å². The second-order valence-corrected chi connectivity index (χ2v) is 9.06. The average molecular weight is 430 g/mol. The van der Waals surface area contributed by atoms with Crippen molar-refractivity contribution in [3.63, 3.8) is 0 Å². The van der Waals surface area contributed by atoms with Crippen LogP contribution < -0.4 is 10.2 Å². The van der Waals surface area contributed by atoms with Gasteiger partial charge in [0.1, 0.15) is 0 Å². The van der Waals surface area contributed by atoms with Crippen LogP contribution in [-0.4, -0.2) is 44.2 Å². The molecule has 7 nitrogen and oxygen atoms in total. The van der Waals surface area contributed by atoms with Gasteiger partial charge in [0, 0.05) is 43.0 Å². The summed E-state index contributed by atoms with van der Waals surface area (Å²) in [5.74, 6) is -0.191. The van der Waals surface area contributed by atoms with E-state index < -0.39 is 10.0 Å². The van der Waals surface area contributed by atoms with Crippen LogP contribution in [-0.2, 0) is 14.8 Å². The Morgan fingerprint density at radius 2 is 1.63 bits per heavy atom. The Morgan fingerprint density at radius 3 is 2.20 bits per heavy atom. The molecule has 0 aromatic heterocycles. The summed E-state index contributed by atoms with van der Waals surface area (Å²) >= 11 is 0. The zero-order valence-electron chi connectivity index (χ0n) is 17.3. The Morgan fingerprint density at radius 1 is 1.00 bits per heavy atom. The maximum Gasteiger partial charge on any atom is 0.255 e. The molecule has 0 atom stereocenters. The Bertz CT molecular complexity index is 998. The van der Waals surface area contributed by atoms with Gasteiger partial charge in [-0.3, -0.25) is 9.59 Å². The maximum absolute atomic E-state index is 12.5. The lowest BCUT2D eigenvalue weighted by Crippen LogP contribution is -2.35. The lowest BCUT2D eigenvalue weighted by Gasteiger charge is -2.26. The predicted molar refractivity (Wildman–Crippen MR) is 117 cm³/mol. The number of hydrogen-bond donors (Lipinski definition) is 1. The quantitative estimate of drug-likeness (QED) is 0.730. The van der Waals surface area contributed by atoms with Gasteiger partial charge in [0.2, 0.25) is 15.9 Å². The number of piperidine rings is 1. The molecule has 3 rings (SSSR count). The van der Waals surface area contributed by atoms with Crippen molar-refractivity contribution in [2.45, 2.75) is 38.0 Å². The molecule has 1 N–H and O–H groups in total. The fourth-order valence-electron chi connectivity index (χ4n) is 3.50. The molecule has 2 aromatic carbocycles. The topological polar surface area (TPSA) is 86.8 Å². The SMILES string of the molecule is CCN(CC)S(=O)(=O)c1ccc(NC(=O)c2ccc(N3CCCCC3=O)cc2)cc1. The highest BCUT2D eigenvalue weighted by atomic mass is 32.2. The van der Waals surface area contributed by atoms with E-state index in [4.69, 9.17) is 0 Å². The summed E-state index contributed by atoms with van der Waals surface area (Å²) in [6.07, 6.45) is 2.46. The van der Waals surface area contributed by atoms with Crippen LogP contribution >= 0.6 is 0 Å². The standard InChI is InChI=1S/C22H27N3O4S/c1-3-24(4-2)30(28,29)20-14-10-18(11-15-20)23-22(27)17-8-12-19(13-9-17)25-16-6-5-7-21(25)26/h8-15H,3-7,16H2,1-2H3,(H,23,27). The van der Waals surface area contributed by atoms with Crippen molar-refractivity contribution in [2.75, 3.05) is 29.9 Å². The molecule has 2 amide bonds. The van der Waals surface area contributed by atoms with E-state index in [1.54, 1.807) is 55.1 Å². The summed E-state index contributed by atoms with van der Waals surface area (Å²) in [4.78, 5) is 26.5. The largest absolute Gasteiger partial charge is 0.322 e. The molecule has 0 saturated carbocycles. The molecule has 0 aliphatic carbocycles. The molecule has 0 unspecified atom stereocenters. The zero-order valence-corrected chi connectivity index (χ0v) is 18.1. The van der Waals surface area contributed by atoms with Gasteiger partial charge in [-0.1, -0.05) is 13.8 Å². The predicted octanol–water partition coefficient (Wildman–Crippen LogP) is 3.49. The minimum atomic E-state index is -3.53. The van der Waals surface area contributed by atoms with E-state index >= 15 is 0 Å². The Hall–Kier alpha value is -2.71. The molecule has 1 saturated heterocycles. The fourth-order valence-corrected chi connectivity index (χ4v) is 4.96. The summed E-state index contributed by atoms with van der Waals surface area (Å²) < 4.78 is 26.5. The molecule has 30 heavy (non-hydrogen) atoms. The molecule has 1 aliphatic rings. The summed E-state index contributed by atoms with van der Waals surface area (Å²) in [5.41, 5.74) is 1.76. The van der Waals surface area contributed by atoms with Crippen molar-refractivity contribution in [2.24, 2.45) is 0 Å². The third-order valence-electron chi connectivity index (χ3n) is 5.22. The van der Waals surface area contributed by atoms with Gasteiger partial charge in [-0.25, -0.2) is 8.42 Å². The molecule has 1 aliphatic heterocycles. The Balaban J connectivity index is 1.68. The van der Waals surface area contributed by atoms with E-state index in [2.05, 4.69) is 5.32 Å². The number of anilines is 2. The van der Waals surface area contributed by atoms with Gasteiger partial charge in [-0.2, -0.15) is 4.31 Å². The minimum Gasteiger partial charge on any atom is -0.322 e. The molecule has 2 aromatic rings. The van der Waals surface area contributed by atoms with Crippen LogP contribution in [0, 0.1) is 0 Å². The number of carbonyl (C=O) groups excluding carboxylic acids is 2. The minimum absolute atomic E-state index is 0.109. The first-order valence-corrected chi connectivity index (χ1v) is 11.6. The number of rotatable bonds is 7. The van der Waals surface area contributed by atoms with Crippen LogP contribution in [0.2, 0.25) is 0 Å². The number of amides is 2. The highest BCUT2D eigenvalue weighted by molar-refractivity contribution is 7.89. The van der Waals surface area contributed by atoms with Crippen molar-refractivity contribution in [3.8, 4) is 0 Å². The summed E-state index contributed by atoms with van der Waals surface area (Å²) in [7, 11) is -3.53. The lowest BCUT2D eigenvalue weighted by molar-refractivity contribution is -0.119. The highest BCUT2D eigenvalue weighted by Crippen LogP contribution is 2.22. The van der Waals surface area contributed by atoms with Crippen LogP contribution in [0.15, 0.2) is 53.4 Å². The number of benzene rings is 2. The second-order valence-electron chi connectivity index (χ2n) is 7.12. The number of nitrogens with one attached hydrogen (secondary N) is 1. The molecule has 1 fully saturated rings. The van der Waals surface area contributed by atoms with E-state index in [-0.39, 0.29) is 16.7 Å². The van der Waals surface area contributed by atoms with E-state index in [0.717, 1.165) is 18.5 Å². The fraction of sp³-hybridized carbons (Fsp3) is 0.364. The van der Waals surface area contributed by atoms with E-state index in [1.165, 1.54) is 16.4 Å². The van der Waals surface area contributed by atoms with Crippen LogP contribution in [0.25, 0.3) is 0 Å². The van der Waals surface area contributed by atoms with E-state index in [9.17, 15) is 18.0 Å². The molecule has 1 heterocycles. The van der Waals surface area contributed by atoms with Gasteiger partial charge in [0.15, 0.2) is 0 Å². The van der Waals surface area contributed by atoms with Crippen molar-refractivity contribution in [1.29, 1.82) is 0 Å². The van der Waals surface area contributed by atoms with Crippen molar-refractivity contribution >= 4 is 33.2 Å². The monoisotopic (exact) mass is 429 g/mol. The summed E-state index contributed by atoms with van der Waals surface area (Å²) in [6, 6.07) is 13.1. The van der Waals surface area contributed by atoms with Gasteiger partial charge in [0.25, 0.3) is 5.91 Å². The molecular weight excluding hydrogens is 402 g/mol. The summed E-state index contributed by atoms with van der Waals surface area (Å²) in [5, 5.41) is 2.77. The van der Waals surface area contributed by atoms with Gasteiger partial charge in [-0.15, -0.1) is 0 Å². The third kappa shape index (κ3) is 4.71. The van der Waals surface area contributed by atoms with Gasteiger partial charge < -0.3 is 10.2 Å². The highest BCUT2D eigenvalue weighted by Gasteiger charge is 2.22. The summed E-state index contributed by atoms with van der Waals surface area (Å²) in [6.45, 7) is 5.09. The smallest absolute Gasteiger partial charge is 0.255 e. The molecular formula is C22H27N3O4S. The van der Waals surface area contributed by atoms with Gasteiger partial charge in [-0.05, 0) is 61.4 Å². The molecule has 160 valence electrons. The molecule has 8 heteroatoms. The molecule has 0 radical (unpaired) electrons. The molecule has 0 spiro atoms. The number of carbonyl (C=O) groups is 2. The first kappa shape index (κ1) is 22.0.